The minimum atomic E-state index is -3.05. The molecule has 1 aliphatic heterocycles. The number of nitro benzene ring substituents is 1. The standard InChI is InChI=1S/C22H22F2N4O5/c23-22(24)33-19-4-2-1-3-16(19)21(30)27-11-9-26(10-12-27)20(29)14-5-8-17(25-15-6-7-15)18(13-14)28(31)32/h1-5,8,13,15,22,25H,6-7,9-12H2. The Bertz CT molecular complexity index is 1070. The second-order valence-electron chi connectivity index (χ2n) is 7.87. The molecule has 2 aliphatic rings. The van der Waals surface area contributed by atoms with Gasteiger partial charge in [0.15, 0.2) is 0 Å². The summed E-state index contributed by atoms with van der Waals surface area (Å²) in [7, 11) is 0. The summed E-state index contributed by atoms with van der Waals surface area (Å²) in [5.41, 5.74) is 0.446. The van der Waals surface area contributed by atoms with Crippen LogP contribution in [0.4, 0.5) is 20.2 Å². The van der Waals surface area contributed by atoms with Crippen LogP contribution in [0.1, 0.15) is 33.6 Å². The Labute approximate surface area is 188 Å². The fourth-order valence-electron chi connectivity index (χ4n) is 3.69. The van der Waals surface area contributed by atoms with Crippen LogP contribution in [0.15, 0.2) is 42.5 Å². The van der Waals surface area contributed by atoms with Gasteiger partial charge < -0.3 is 19.9 Å². The molecule has 1 saturated heterocycles. The van der Waals surface area contributed by atoms with E-state index >= 15 is 0 Å². The minimum Gasteiger partial charge on any atom is -0.434 e. The molecule has 4 rings (SSSR count). The van der Waals surface area contributed by atoms with Gasteiger partial charge >= 0.3 is 6.61 Å². The molecular formula is C22H22F2N4O5. The summed E-state index contributed by atoms with van der Waals surface area (Å²) in [5, 5.41) is 14.6. The van der Waals surface area contributed by atoms with Crippen molar-refractivity contribution in [3.8, 4) is 5.75 Å². The Morgan fingerprint density at radius 1 is 1.03 bits per heavy atom. The first-order valence-electron chi connectivity index (χ1n) is 10.5. The van der Waals surface area contributed by atoms with E-state index in [-0.39, 0.29) is 60.7 Å². The predicted octanol–water partition coefficient (Wildman–Crippen LogP) is 3.37. The highest BCUT2D eigenvalue weighted by Gasteiger charge is 2.29. The number of hydrogen-bond donors (Lipinski definition) is 1. The van der Waals surface area contributed by atoms with Crippen molar-refractivity contribution in [2.75, 3.05) is 31.5 Å². The van der Waals surface area contributed by atoms with E-state index in [1.165, 1.54) is 34.1 Å². The summed E-state index contributed by atoms with van der Waals surface area (Å²) in [6.07, 6.45) is 1.92. The molecule has 2 amide bonds. The summed E-state index contributed by atoms with van der Waals surface area (Å²) in [5.74, 6) is -1.04. The van der Waals surface area contributed by atoms with Gasteiger partial charge in [0.25, 0.3) is 17.5 Å². The van der Waals surface area contributed by atoms with E-state index in [0.717, 1.165) is 12.8 Å². The SMILES string of the molecule is O=C(c1ccc(NC2CC2)c([N+](=O)[O-])c1)N1CCN(C(=O)c2ccccc2OC(F)F)CC1. The Morgan fingerprint density at radius 3 is 2.27 bits per heavy atom. The van der Waals surface area contributed by atoms with Gasteiger partial charge in [-0.05, 0) is 37.1 Å². The highest BCUT2D eigenvalue weighted by atomic mass is 19.3. The second-order valence-corrected chi connectivity index (χ2v) is 7.87. The number of ether oxygens (including phenoxy) is 1. The van der Waals surface area contributed by atoms with Crippen LogP contribution in [0.2, 0.25) is 0 Å². The van der Waals surface area contributed by atoms with Crippen molar-refractivity contribution in [2.24, 2.45) is 0 Å². The largest absolute Gasteiger partial charge is 0.434 e. The van der Waals surface area contributed by atoms with Crippen LogP contribution in [0.25, 0.3) is 0 Å². The molecule has 33 heavy (non-hydrogen) atoms. The zero-order chi connectivity index (χ0) is 23.5. The van der Waals surface area contributed by atoms with Gasteiger partial charge in [0.1, 0.15) is 11.4 Å². The van der Waals surface area contributed by atoms with Gasteiger partial charge in [-0.25, -0.2) is 0 Å². The topological polar surface area (TPSA) is 105 Å². The van der Waals surface area contributed by atoms with Crippen molar-refractivity contribution in [1.29, 1.82) is 0 Å². The number of halogens is 2. The molecule has 1 N–H and O–H groups in total. The number of amides is 2. The minimum absolute atomic E-state index is 0.0203. The zero-order valence-electron chi connectivity index (χ0n) is 17.6. The molecule has 2 aromatic rings. The quantitative estimate of drug-likeness (QED) is 0.502. The molecular weight excluding hydrogens is 438 g/mol. The summed E-state index contributed by atoms with van der Waals surface area (Å²) in [4.78, 5) is 39.7. The Morgan fingerprint density at radius 2 is 1.67 bits per heavy atom. The Kier molecular flexibility index (Phi) is 6.38. The monoisotopic (exact) mass is 460 g/mol. The van der Waals surface area contributed by atoms with Gasteiger partial charge in [-0.1, -0.05) is 12.1 Å². The Balaban J connectivity index is 1.42. The van der Waals surface area contributed by atoms with Crippen molar-refractivity contribution in [2.45, 2.75) is 25.5 Å². The van der Waals surface area contributed by atoms with Gasteiger partial charge in [-0.2, -0.15) is 8.78 Å². The van der Waals surface area contributed by atoms with Gasteiger partial charge in [-0.3, -0.25) is 19.7 Å². The summed E-state index contributed by atoms with van der Waals surface area (Å²) >= 11 is 0. The third kappa shape index (κ3) is 5.18. The number of nitrogens with one attached hydrogen (secondary N) is 1. The van der Waals surface area contributed by atoms with E-state index in [4.69, 9.17) is 0 Å². The maximum atomic E-state index is 12.9. The van der Waals surface area contributed by atoms with E-state index in [1.54, 1.807) is 18.2 Å². The number of nitro groups is 1. The van der Waals surface area contributed by atoms with Gasteiger partial charge in [0.05, 0.1) is 10.5 Å². The molecule has 0 spiro atoms. The number of anilines is 1. The molecule has 11 heteroatoms. The van der Waals surface area contributed by atoms with E-state index in [2.05, 4.69) is 10.1 Å². The van der Waals surface area contributed by atoms with Crippen molar-refractivity contribution in [1.82, 2.24) is 9.80 Å². The van der Waals surface area contributed by atoms with Crippen LogP contribution >= 0.6 is 0 Å². The molecule has 0 unspecified atom stereocenters. The van der Waals surface area contributed by atoms with Crippen molar-refractivity contribution >= 4 is 23.2 Å². The lowest BCUT2D eigenvalue weighted by Gasteiger charge is -2.35. The van der Waals surface area contributed by atoms with E-state index in [1.807, 2.05) is 0 Å². The van der Waals surface area contributed by atoms with Crippen LogP contribution in [0, 0.1) is 10.1 Å². The van der Waals surface area contributed by atoms with Crippen LogP contribution in [0.3, 0.4) is 0 Å². The van der Waals surface area contributed by atoms with Crippen molar-refractivity contribution in [3.63, 3.8) is 0 Å². The van der Waals surface area contributed by atoms with Crippen molar-refractivity contribution < 1.29 is 28.0 Å². The summed E-state index contributed by atoms with van der Waals surface area (Å²) in [6, 6.07) is 10.4. The number of alkyl halides is 2. The predicted molar refractivity (Wildman–Crippen MR) is 115 cm³/mol. The summed E-state index contributed by atoms with van der Waals surface area (Å²) < 4.78 is 29.7. The number of benzene rings is 2. The smallest absolute Gasteiger partial charge is 0.387 e. The maximum Gasteiger partial charge on any atom is 0.387 e. The first-order chi connectivity index (χ1) is 15.8. The molecule has 0 radical (unpaired) electrons. The number of para-hydroxylation sites is 1. The maximum absolute atomic E-state index is 12.9. The molecule has 2 fully saturated rings. The van der Waals surface area contributed by atoms with Gasteiger partial charge in [0.2, 0.25) is 0 Å². The van der Waals surface area contributed by atoms with Crippen LogP contribution in [0.5, 0.6) is 5.75 Å². The number of carbonyl (C=O) groups is 2. The number of nitrogens with zero attached hydrogens (tertiary/aromatic N) is 3. The highest BCUT2D eigenvalue weighted by Crippen LogP contribution is 2.32. The highest BCUT2D eigenvalue weighted by molar-refractivity contribution is 5.98. The normalized spacial score (nSPS) is 16.0. The van der Waals surface area contributed by atoms with E-state index in [9.17, 15) is 28.5 Å². The van der Waals surface area contributed by atoms with E-state index < -0.39 is 17.4 Å². The molecule has 0 atom stereocenters. The molecule has 1 aliphatic carbocycles. The molecule has 174 valence electrons. The lowest BCUT2D eigenvalue weighted by atomic mass is 10.1. The molecule has 0 aromatic heterocycles. The molecule has 1 heterocycles. The lowest BCUT2D eigenvalue weighted by molar-refractivity contribution is -0.384. The molecule has 2 aromatic carbocycles. The number of carbonyl (C=O) groups excluding carboxylic acids is 2. The van der Waals surface area contributed by atoms with Crippen LogP contribution in [-0.2, 0) is 0 Å². The number of rotatable bonds is 7. The van der Waals surface area contributed by atoms with E-state index in [0.29, 0.717) is 5.69 Å². The number of hydrogen-bond acceptors (Lipinski definition) is 6. The van der Waals surface area contributed by atoms with Gasteiger partial charge in [-0.15, -0.1) is 0 Å². The van der Waals surface area contributed by atoms with Crippen molar-refractivity contribution in [3.05, 3.63) is 63.7 Å². The molecule has 1 saturated carbocycles. The van der Waals surface area contributed by atoms with Crippen LogP contribution in [-0.4, -0.2) is 65.4 Å². The molecule has 9 nitrogen and oxygen atoms in total. The fourth-order valence-corrected chi connectivity index (χ4v) is 3.69. The third-order valence-corrected chi connectivity index (χ3v) is 5.57. The average Bonchev–Trinajstić information content (AvgIpc) is 3.62. The van der Waals surface area contributed by atoms with Gasteiger partial charge in [0, 0.05) is 43.9 Å². The zero-order valence-corrected chi connectivity index (χ0v) is 17.6. The average molecular weight is 460 g/mol. The Hall–Kier alpha value is -3.76. The third-order valence-electron chi connectivity index (χ3n) is 5.57. The first kappa shape index (κ1) is 22.4. The summed E-state index contributed by atoms with van der Waals surface area (Å²) in [6.45, 7) is -2.26. The first-order valence-corrected chi connectivity index (χ1v) is 10.5. The fraction of sp³-hybridized carbons (Fsp3) is 0.364. The van der Waals surface area contributed by atoms with Crippen LogP contribution < -0.4 is 10.1 Å². The molecule has 0 bridgehead atoms. The second kappa shape index (κ2) is 9.39. The number of piperazine rings is 1. The lowest BCUT2D eigenvalue weighted by Crippen LogP contribution is -2.50.